The van der Waals surface area contributed by atoms with Crippen molar-refractivity contribution in [1.29, 1.82) is 0 Å². The molecular weight excluding hydrogens is 168 g/mol. The van der Waals surface area contributed by atoms with Gasteiger partial charge >= 0.3 is 11.9 Å². The molecule has 6 heteroatoms. The van der Waals surface area contributed by atoms with Crippen LogP contribution in [0.2, 0.25) is 0 Å². The van der Waals surface area contributed by atoms with Gasteiger partial charge in [-0.2, -0.15) is 0 Å². The number of hydrogen-bond acceptors (Lipinski definition) is 5. The van der Waals surface area contributed by atoms with E-state index >= 15 is 0 Å². The number of carboxylic acid groups (broad SMARTS) is 1. The van der Waals surface area contributed by atoms with Gasteiger partial charge in [-0.25, -0.2) is 4.79 Å². The van der Waals surface area contributed by atoms with Crippen molar-refractivity contribution in [3.63, 3.8) is 0 Å². The van der Waals surface area contributed by atoms with Crippen LogP contribution in [0.25, 0.3) is 0 Å². The van der Waals surface area contributed by atoms with Crippen molar-refractivity contribution >= 4 is 5.97 Å². The molecule has 0 aromatic carbocycles. The minimum atomic E-state index is -1.50. The number of hydrogen-bond donors (Lipinski definition) is 3. The van der Waals surface area contributed by atoms with Crippen molar-refractivity contribution in [3.8, 4) is 11.7 Å². The second-order valence-electron chi connectivity index (χ2n) is 1.93. The molecule has 0 fully saturated rings. The highest BCUT2D eigenvalue weighted by molar-refractivity contribution is 5.84. The summed E-state index contributed by atoms with van der Waals surface area (Å²) < 4.78 is 4.16. The lowest BCUT2D eigenvalue weighted by Crippen LogP contribution is -2.05. The summed E-state index contributed by atoms with van der Waals surface area (Å²) in [5.74, 6) is -4.32. The Hall–Kier alpha value is -1.98. The summed E-state index contributed by atoms with van der Waals surface area (Å²) in [7, 11) is 0. The van der Waals surface area contributed by atoms with Crippen molar-refractivity contribution in [2.45, 2.75) is 0 Å². The van der Waals surface area contributed by atoms with Crippen molar-refractivity contribution < 1.29 is 24.5 Å². The van der Waals surface area contributed by atoms with Crippen LogP contribution in [0.5, 0.6) is 11.7 Å². The van der Waals surface area contributed by atoms with Crippen LogP contribution in [-0.2, 0) is 0 Å². The molecule has 0 bridgehead atoms. The van der Waals surface area contributed by atoms with E-state index in [4.69, 9.17) is 15.3 Å². The molecule has 0 atom stereocenters. The van der Waals surface area contributed by atoms with Crippen LogP contribution in [0.3, 0.4) is 0 Å². The van der Waals surface area contributed by atoms with Crippen LogP contribution >= 0.6 is 0 Å². The summed E-state index contributed by atoms with van der Waals surface area (Å²) >= 11 is 0. The Balaban J connectivity index is 3.41. The number of aromatic carboxylic acids is 1. The number of rotatable bonds is 1. The Morgan fingerprint density at radius 2 is 2.00 bits per heavy atom. The lowest BCUT2D eigenvalue weighted by atomic mass is 10.3. The van der Waals surface area contributed by atoms with E-state index in [0.29, 0.717) is 6.07 Å². The van der Waals surface area contributed by atoms with Gasteiger partial charge in [-0.1, -0.05) is 0 Å². The largest absolute Gasteiger partial charge is 0.499 e. The molecule has 0 aliphatic rings. The zero-order valence-electron chi connectivity index (χ0n) is 5.64. The predicted octanol–water partition coefficient (Wildman–Crippen LogP) is -0.251. The lowest BCUT2D eigenvalue weighted by molar-refractivity contribution is 0.0649. The van der Waals surface area contributed by atoms with Crippen molar-refractivity contribution in [1.82, 2.24) is 0 Å². The second kappa shape index (κ2) is 2.57. The smallest absolute Gasteiger partial charge is 0.372 e. The summed E-state index contributed by atoms with van der Waals surface area (Å²) in [4.78, 5) is 20.8. The molecule has 1 aromatic heterocycles. The first kappa shape index (κ1) is 8.12. The first-order valence-corrected chi connectivity index (χ1v) is 2.81. The topological polar surface area (TPSA) is 108 Å². The third kappa shape index (κ3) is 1.22. The highest BCUT2D eigenvalue weighted by Gasteiger charge is 2.13. The van der Waals surface area contributed by atoms with Gasteiger partial charge in [0.15, 0.2) is 0 Å². The zero-order valence-corrected chi connectivity index (χ0v) is 5.64. The third-order valence-electron chi connectivity index (χ3n) is 1.12. The summed E-state index contributed by atoms with van der Waals surface area (Å²) in [5, 5.41) is 25.6. The maximum atomic E-state index is 10.6. The third-order valence-corrected chi connectivity index (χ3v) is 1.12. The van der Waals surface area contributed by atoms with Gasteiger partial charge in [-0.05, 0) is 0 Å². The van der Waals surface area contributed by atoms with E-state index in [9.17, 15) is 9.59 Å². The van der Waals surface area contributed by atoms with Gasteiger partial charge in [-0.15, -0.1) is 0 Å². The summed E-state index contributed by atoms with van der Waals surface area (Å²) in [6, 6.07) is 0.567. The van der Waals surface area contributed by atoms with Crippen molar-refractivity contribution in [2.75, 3.05) is 0 Å². The Kier molecular flexibility index (Phi) is 1.74. The van der Waals surface area contributed by atoms with E-state index in [1.165, 1.54) is 0 Å². The molecule has 1 rings (SSSR count). The molecule has 0 aliphatic carbocycles. The van der Waals surface area contributed by atoms with E-state index in [1.54, 1.807) is 0 Å². The average molecular weight is 172 g/mol. The lowest BCUT2D eigenvalue weighted by Gasteiger charge is -1.95. The molecule has 0 radical (unpaired) electrons. The van der Waals surface area contributed by atoms with Crippen LogP contribution in [-0.4, -0.2) is 21.3 Å². The highest BCUT2D eigenvalue weighted by atomic mass is 16.5. The van der Waals surface area contributed by atoms with Crippen LogP contribution in [0.4, 0.5) is 0 Å². The maximum absolute atomic E-state index is 10.6. The number of carboxylic acids is 1. The Morgan fingerprint density at radius 3 is 2.42 bits per heavy atom. The van der Waals surface area contributed by atoms with Crippen LogP contribution < -0.4 is 5.43 Å². The predicted molar refractivity (Wildman–Crippen MR) is 35.3 cm³/mol. The molecule has 0 saturated carbocycles. The minimum Gasteiger partial charge on any atom is -0.499 e. The molecule has 1 aromatic rings. The Bertz CT molecular complexity index is 376. The van der Waals surface area contributed by atoms with Crippen LogP contribution in [0, 0.1) is 0 Å². The molecule has 1 heterocycles. The SMILES string of the molecule is O=C(O)c1cc(=O)c(O)c(O)o1. The van der Waals surface area contributed by atoms with Gasteiger partial charge in [-0.3, -0.25) is 4.79 Å². The molecule has 0 saturated heterocycles. The van der Waals surface area contributed by atoms with Gasteiger partial charge in [0, 0.05) is 6.07 Å². The summed E-state index contributed by atoms with van der Waals surface area (Å²) in [6.45, 7) is 0. The molecule has 64 valence electrons. The van der Waals surface area contributed by atoms with Gasteiger partial charge in [0.1, 0.15) is 0 Å². The van der Waals surface area contributed by atoms with E-state index in [2.05, 4.69) is 4.42 Å². The number of aromatic hydroxyl groups is 2. The van der Waals surface area contributed by atoms with Gasteiger partial charge in [0.2, 0.25) is 16.9 Å². The second-order valence-corrected chi connectivity index (χ2v) is 1.93. The van der Waals surface area contributed by atoms with Gasteiger partial charge in [0.25, 0.3) is 0 Å². The van der Waals surface area contributed by atoms with E-state index in [1.807, 2.05) is 0 Å². The fourth-order valence-electron chi connectivity index (χ4n) is 0.580. The minimum absolute atomic E-state index is 0.567. The molecule has 0 aliphatic heterocycles. The van der Waals surface area contributed by atoms with E-state index in [-0.39, 0.29) is 0 Å². The van der Waals surface area contributed by atoms with Gasteiger partial charge in [0.05, 0.1) is 0 Å². The normalized spacial score (nSPS) is 9.67. The van der Waals surface area contributed by atoms with E-state index in [0.717, 1.165) is 0 Å². The Labute approximate surface area is 65.3 Å². The summed E-state index contributed by atoms with van der Waals surface area (Å²) in [6.07, 6.45) is 0. The molecule has 0 unspecified atom stereocenters. The Morgan fingerprint density at radius 1 is 1.42 bits per heavy atom. The maximum Gasteiger partial charge on any atom is 0.372 e. The quantitative estimate of drug-likeness (QED) is 0.539. The van der Waals surface area contributed by atoms with Crippen molar-refractivity contribution in [2.24, 2.45) is 0 Å². The molecule has 0 amide bonds. The van der Waals surface area contributed by atoms with Crippen molar-refractivity contribution in [3.05, 3.63) is 22.0 Å². The molecule has 12 heavy (non-hydrogen) atoms. The first-order valence-electron chi connectivity index (χ1n) is 2.81. The molecule has 3 N–H and O–H groups in total. The molecule has 6 nitrogen and oxygen atoms in total. The van der Waals surface area contributed by atoms with Crippen LogP contribution in [0.1, 0.15) is 10.6 Å². The molecular formula is C6H4O6. The van der Waals surface area contributed by atoms with E-state index < -0.39 is 28.9 Å². The van der Waals surface area contributed by atoms with Crippen LogP contribution in [0.15, 0.2) is 15.3 Å². The number of carbonyl (C=O) groups is 1. The summed E-state index contributed by atoms with van der Waals surface area (Å²) in [5.41, 5.74) is -1.00. The van der Waals surface area contributed by atoms with Gasteiger partial charge < -0.3 is 19.7 Å². The highest BCUT2D eigenvalue weighted by Crippen LogP contribution is 2.19. The average Bonchev–Trinajstić information content (AvgIpc) is 1.99. The fraction of sp³-hybridized carbons (Fsp3) is 0. The fourth-order valence-corrected chi connectivity index (χ4v) is 0.580. The molecule has 0 spiro atoms. The first-order chi connectivity index (χ1) is 5.52. The zero-order chi connectivity index (χ0) is 9.30. The monoisotopic (exact) mass is 172 g/mol. The standard InChI is InChI=1S/C6H4O6/c7-2-1-3(5(9)10)12-6(11)4(2)8/h1,8,11H,(H,9,10).